The van der Waals surface area contributed by atoms with Crippen molar-refractivity contribution in [3.05, 3.63) is 23.5 Å². The summed E-state index contributed by atoms with van der Waals surface area (Å²) < 4.78 is 13.9. The normalized spacial score (nSPS) is 23.4. The van der Waals surface area contributed by atoms with Gasteiger partial charge in [0.05, 0.1) is 11.3 Å². The molecule has 0 radical (unpaired) electrons. The van der Waals surface area contributed by atoms with E-state index in [0.717, 1.165) is 13.1 Å². The molecule has 2 atom stereocenters. The third-order valence-corrected chi connectivity index (χ3v) is 3.71. The molecule has 5 heteroatoms. The molecule has 1 amide bonds. The summed E-state index contributed by atoms with van der Waals surface area (Å²) in [4.78, 5) is 13.2. The first-order valence-corrected chi connectivity index (χ1v) is 6.04. The Balaban J connectivity index is 2.39. The van der Waals surface area contributed by atoms with Gasteiger partial charge >= 0.3 is 0 Å². The molecule has 0 aliphatic carbocycles. The van der Waals surface area contributed by atoms with Crippen LogP contribution in [0, 0.1) is 17.7 Å². The maximum Gasteiger partial charge on any atom is 0.250 e. The number of hydrogen-bond acceptors (Lipinski definition) is 3. The van der Waals surface area contributed by atoms with E-state index in [1.807, 2.05) is 4.90 Å². The summed E-state index contributed by atoms with van der Waals surface area (Å²) in [5, 5.41) is 0. The van der Waals surface area contributed by atoms with Gasteiger partial charge in [-0.25, -0.2) is 4.39 Å². The number of amides is 1. The summed E-state index contributed by atoms with van der Waals surface area (Å²) in [6.45, 7) is 5.82. The molecule has 1 heterocycles. The van der Waals surface area contributed by atoms with Crippen LogP contribution in [0.5, 0.6) is 0 Å². The number of carbonyl (C=O) groups is 1. The van der Waals surface area contributed by atoms with Gasteiger partial charge < -0.3 is 16.4 Å². The number of nitrogens with two attached hydrogens (primary N) is 2. The molecule has 4 N–H and O–H groups in total. The van der Waals surface area contributed by atoms with Crippen molar-refractivity contribution in [2.45, 2.75) is 13.8 Å². The van der Waals surface area contributed by atoms with Crippen LogP contribution >= 0.6 is 0 Å². The second kappa shape index (κ2) is 4.48. The van der Waals surface area contributed by atoms with E-state index in [1.165, 1.54) is 12.1 Å². The molecule has 1 aliphatic rings. The fraction of sp³-hybridized carbons (Fsp3) is 0.462. The van der Waals surface area contributed by atoms with E-state index < -0.39 is 11.7 Å². The fourth-order valence-electron chi connectivity index (χ4n) is 2.36. The number of carbonyl (C=O) groups excluding carboxylic acids is 1. The second-order valence-electron chi connectivity index (χ2n) is 5.11. The highest BCUT2D eigenvalue weighted by molar-refractivity contribution is 5.99. The summed E-state index contributed by atoms with van der Waals surface area (Å²) in [5.41, 5.74) is 11.5. The van der Waals surface area contributed by atoms with Crippen molar-refractivity contribution in [3.8, 4) is 0 Å². The molecule has 98 valence electrons. The zero-order valence-corrected chi connectivity index (χ0v) is 10.6. The van der Waals surface area contributed by atoms with Gasteiger partial charge in [0.1, 0.15) is 5.82 Å². The Bertz CT molecular complexity index is 479. The zero-order chi connectivity index (χ0) is 13.4. The quantitative estimate of drug-likeness (QED) is 0.784. The number of nitrogens with zero attached hydrogens (tertiary/aromatic N) is 1. The molecule has 4 nitrogen and oxygen atoms in total. The zero-order valence-electron chi connectivity index (χ0n) is 10.6. The average molecular weight is 251 g/mol. The Hall–Kier alpha value is -1.78. The predicted octanol–water partition coefficient (Wildman–Crippen LogP) is 1.60. The van der Waals surface area contributed by atoms with E-state index in [-0.39, 0.29) is 11.3 Å². The molecular weight excluding hydrogens is 233 g/mol. The van der Waals surface area contributed by atoms with E-state index in [1.54, 1.807) is 0 Å². The van der Waals surface area contributed by atoms with Crippen LogP contribution in [-0.2, 0) is 0 Å². The summed E-state index contributed by atoms with van der Waals surface area (Å²) in [5.74, 6) is -0.0363. The monoisotopic (exact) mass is 251 g/mol. The maximum atomic E-state index is 13.9. The van der Waals surface area contributed by atoms with Crippen LogP contribution in [0.25, 0.3) is 0 Å². The van der Waals surface area contributed by atoms with Gasteiger partial charge in [-0.05, 0) is 24.0 Å². The number of hydrogen-bond donors (Lipinski definition) is 2. The van der Waals surface area contributed by atoms with Gasteiger partial charge in [0.15, 0.2) is 0 Å². The highest BCUT2D eigenvalue weighted by Gasteiger charge is 2.28. The Kier molecular flexibility index (Phi) is 3.15. The van der Waals surface area contributed by atoms with Crippen molar-refractivity contribution >= 4 is 17.3 Å². The molecule has 2 unspecified atom stereocenters. The lowest BCUT2D eigenvalue weighted by Crippen LogP contribution is -2.22. The van der Waals surface area contributed by atoms with Gasteiger partial charge in [-0.2, -0.15) is 0 Å². The first-order chi connectivity index (χ1) is 8.40. The summed E-state index contributed by atoms with van der Waals surface area (Å²) >= 11 is 0. The molecule has 0 aromatic heterocycles. The van der Waals surface area contributed by atoms with Crippen LogP contribution in [0.1, 0.15) is 24.2 Å². The smallest absolute Gasteiger partial charge is 0.250 e. The predicted molar refractivity (Wildman–Crippen MR) is 69.9 cm³/mol. The SMILES string of the molecule is CC1CN(c2cc(C(N)=O)c(N)cc2F)CC1C. The summed E-state index contributed by atoms with van der Waals surface area (Å²) in [6, 6.07) is 2.63. The molecule has 2 rings (SSSR count). The average Bonchev–Trinajstić information content (AvgIpc) is 2.58. The van der Waals surface area contributed by atoms with Crippen molar-refractivity contribution in [2.24, 2.45) is 17.6 Å². The topological polar surface area (TPSA) is 72.3 Å². The molecule has 0 saturated carbocycles. The first-order valence-electron chi connectivity index (χ1n) is 6.04. The third-order valence-electron chi connectivity index (χ3n) is 3.71. The lowest BCUT2D eigenvalue weighted by atomic mass is 10.0. The molecular formula is C13H18FN3O. The molecule has 1 saturated heterocycles. The van der Waals surface area contributed by atoms with Crippen molar-refractivity contribution in [3.63, 3.8) is 0 Å². The number of benzene rings is 1. The highest BCUT2D eigenvalue weighted by Crippen LogP contribution is 2.31. The van der Waals surface area contributed by atoms with Crippen molar-refractivity contribution < 1.29 is 9.18 Å². The standard InChI is InChI=1S/C13H18FN3O/c1-7-5-17(6-8(7)2)12-3-9(13(16)18)11(15)4-10(12)14/h3-4,7-8H,5-6,15H2,1-2H3,(H2,16,18). The molecule has 1 aromatic carbocycles. The Morgan fingerprint density at radius 2 is 1.89 bits per heavy atom. The van der Waals surface area contributed by atoms with E-state index in [2.05, 4.69) is 13.8 Å². The minimum atomic E-state index is -0.631. The van der Waals surface area contributed by atoms with Gasteiger partial charge in [0.2, 0.25) is 0 Å². The van der Waals surface area contributed by atoms with Gasteiger partial charge in [0, 0.05) is 18.8 Å². The Labute approximate surface area is 106 Å². The minimum absolute atomic E-state index is 0.0871. The molecule has 1 aromatic rings. The van der Waals surface area contributed by atoms with E-state index >= 15 is 0 Å². The number of primary amides is 1. The van der Waals surface area contributed by atoms with Crippen LogP contribution in [0.3, 0.4) is 0 Å². The molecule has 1 aliphatic heterocycles. The number of halogens is 1. The molecule has 1 fully saturated rings. The lowest BCUT2D eigenvalue weighted by Gasteiger charge is -2.20. The van der Waals surface area contributed by atoms with Gasteiger partial charge in [-0.15, -0.1) is 0 Å². The van der Waals surface area contributed by atoms with Crippen LogP contribution in [-0.4, -0.2) is 19.0 Å². The second-order valence-corrected chi connectivity index (χ2v) is 5.11. The molecule has 0 spiro atoms. The molecule has 18 heavy (non-hydrogen) atoms. The van der Waals surface area contributed by atoms with Gasteiger partial charge in [-0.3, -0.25) is 4.79 Å². The number of nitrogen functional groups attached to an aromatic ring is 1. The third kappa shape index (κ3) is 2.12. The molecule has 0 bridgehead atoms. The Morgan fingerprint density at radius 3 is 2.39 bits per heavy atom. The van der Waals surface area contributed by atoms with E-state index in [4.69, 9.17) is 11.5 Å². The first kappa shape index (κ1) is 12.7. The van der Waals surface area contributed by atoms with Crippen LogP contribution in [0.2, 0.25) is 0 Å². The van der Waals surface area contributed by atoms with E-state index in [9.17, 15) is 9.18 Å². The fourth-order valence-corrected chi connectivity index (χ4v) is 2.36. The van der Waals surface area contributed by atoms with E-state index in [0.29, 0.717) is 17.5 Å². The largest absolute Gasteiger partial charge is 0.398 e. The Morgan fingerprint density at radius 1 is 1.33 bits per heavy atom. The van der Waals surface area contributed by atoms with Crippen LogP contribution in [0.15, 0.2) is 12.1 Å². The summed E-state index contributed by atoms with van der Waals surface area (Å²) in [6.07, 6.45) is 0. The number of rotatable bonds is 2. The van der Waals surface area contributed by atoms with Gasteiger partial charge in [-0.1, -0.05) is 13.8 Å². The summed E-state index contributed by atoms with van der Waals surface area (Å²) in [7, 11) is 0. The van der Waals surface area contributed by atoms with Crippen LogP contribution in [0.4, 0.5) is 15.8 Å². The van der Waals surface area contributed by atoms with Crippen molar-refractivity contribution in [1.82, 2.24) is 0 Å². The lowest BCUT2D eigenvalue weighted by molar-refractivity contribution is 0.100. The van der Waals surface area contributed by atoms with Crippen molar-refractivity contribution in [1.29, 1.82) is 0 Å². The van der Waals surface area contributed by atoms with Crippen LogP contribution < -0.4 is 16.4 Å². The minimum Gasteiger partial charge on any atom is -0.398 e. The van der Waals surface area contributed by atoms with Crippen molar-refractivity contribution in [2.75, 3.05) is 23.7 Å². The highest BCUT2D eigenvalue weighted by atomic mass is 19.1. The maximum absolute atomic E-state index is 13.9. The number of anilines is 2. The van der Waals surface area contributed by atoms with Gasteiger partial charge in [0.25, 0.3) is 5.91 Å².